The second-order valence-electron chi connectivity index (χ2n) is 7.19. The average molecular weight is 271 g/mol. The zero-order chi connectivity index (χ0) is 14.5. The fourth-order valence-corrected chi connectivity index (χ4v) is 2.70. The molecule has 0 saturated carbocycles. The second-order valence-corrected chi connectivity index (χ2v) is 7.19. The molecule has 0 bridgehead atoms. The number of hydrogen-bond acceptors (Lipinski definition) is 3. The first-order valence-corrected chi connectivity index (χ1v) is 7.27. The van der Waals surface area contributed by atoms with Gasteiger partial charge in [0.15, 0.2) is 0 Å². The van der Waals surface area contributed by atoms with Crippen molar-refractivity contribution in [3.63, 3.8) is 0 Å². The molecule has 4 heteroatoms. The van der Waals surface area contributed by atoms with Crippen LogP contribution in [0.4, 0.5) is 0 Å². The average Bonchev–Trinajstić information content (AvgIpc) is 2.25. The van der Waals surface area contributed by atoms with Crippen molar-refractivity contribution in [2.24, 2.45) is 11.3 Å². The molecule has 4 nitrogen and oxygen atoms in total. The van der Waals surface area contributed by atoms with Gasteiger partial charge >= 0.3 is 0 Å². The number of nitrogens with one attached hydrogen (secondary N) is 1. The van der Waals surface area contributed by atoms with E-state index in [0.29, 0.717) is 44.9 Å². The van der Waals surface area contributed by atoms with E-state index in [1.54, 1.807) is 0 Å². The van der Waals surface area contributed by atoms with Gasteiger partial charge in [-0.2, -0.15) is 0 Å². The summed E-state index contributed by atoms with van der Waals surface area (Å²) in [5, 5.41) is 13.1. The van der Waals surface area contributed by atoms with Gasteiger partial charge < -0.3 is 15.2 Å². The highest BCUT2D eigenvalue weighted by Crippen LogP contribution is 2.26. The lowest BCUT2D eigenvalue weighted by Crippen LogP contribution is -2.46. The zero-order valence-corrected chi connectivity index (χ0v) is 12.8. The molecule has 2 N–H and O–H groups in total. The molecular weight excluding hydrogens is 242 g/mol. The Morgan fingerprint density at radius 3 is 2.47 bits per heavy atom. The fourth-order valence-electron chi connectivity index (χ4n) is 2.70. The van der Waals surface area contributed by atoms with Gasteiger partial charge in [0.1, 0.15) is 0 Å². The van der Waals surface area contributed by atoms with Crippen molar-refractivity contribution in [1.82, 2.24) is 5.32 Å². The van der Waals surface area contributed by atoms with Crippen LogP contribution in [0.25, 0.3) is 0 Å². The third-order valence-electron chi connectivity index (χ3n) is 3.53. The maximum absolute atomic E-state index is 11.9. The molecule has 0 radical (unpaired) electrons. The van der Waals surface area contributed by atoms with Crippen molar-refractivity contribution in [3.05, 3.63) is 0 Å². The Hall–Kier alpha value is -0.610. The Kier molecular flexibility index (Phi) is 5.81. The highest BCUT2D eigenvalue weighted by Gasteiger charge is 2.30. The Labute approximate surface area is 116 Å². The summed E-state index contributed by atoms with van der Waals surface area (Å²) in [5.41, 5.74) is -0.528. The van der Waals surface area contributed by atoms with E-state index in [1.165, 1.54) is 0 Å². The van der Waals surface area contributed by atoms with Crippen LogP contribution in [-0.2, 0) is 9.53 Å². The molecule has 1 heterocycles. The minimum Gasteiger partial charge on any atom is -0.388 e. The molecule has 1 aliphatic heterocycles. The summed E-state index contributed by atoms with van der Waals surface area (Å²) >= 11 is 0. The van der Waals surface area contributed by atoms with Gasteiger partial charge in [0, 0.05) is 39.0 Å². The van der Waals surface area contributed by atoms with Crippen molar-refractivity contribution in [2.45, 2.75) is 59.0 Å². The number of carbonyl (C=O) groups is 1. The van der Waals surface area contributed by atoms with E-state index in [-0.39, 0.29) is 11.3 Å². The molecule has 0 aliphatic carbocycles. The SMILES string of the molecule is CC(CC(=O)NCC1(O)CCOCC1)CC(C)(C)C. The molecule has 1 unspecified atom stereocenters. The number of aliphatic hydroxyl groups is 1. The highest BCUT2D eigenvalue weighted by molar-refractivity contribution is 5.76. The van der Waals surface area contributed by atoms with Crippen LogP contribution >= 0.6 is 0 Å². The van der Waals surface area contributed by atoms with Crippen molar-refractivity contribution >= 4 is 5.91 Å². The molecule has 1 rings (SSSR count). The van der Waals surface area contributed by atoms with E-state index in [1.807, 2.05) is 0 Å². The first kappa shape index (κ1) is 16.4. The van der Waals surface area contributed by atoms with E-state index in [2.05, 4.69) is 33.0 Å². The van der Waals surface area contributed by atoms with Crippen LogP contribution in [0, 0.1) is 11.3 Å². The van der Waals surface area contributed by atoms with E-state index in [0.717, 1.165) is 6.42 Å². The fraction of sp³-hybridized carbons (Fsp3) is 0.933. The molecule has 0 aromatic rings. The van der Waals surface area contributed by atoms with Gasteiger partial charge in [-0.3, -0.25) is 4.79 Å². The summed E-state index contributed by atoms with van der Waals surface area (Å²) in [7, 11) is 0. The standard InChI is InChI=1S/C15H29NO3/c1-12(10-14(2,3)4)9-13(17)16-11-15(18)5-7-19-8-6-15/h12,18H,5-11H2,1-4H3,(H,16,17). The number of hydrogen-bond donors (Lipinski definition) is 2. The first-order chi connectivity index (χ1) is 8.70. The van der Waals surface area contributed by atoms with Gasteiger partial charge in [0.05, 0.1) is 5.60 Å². The molecule has 1 saturated heterocycles. The van der Waals surface area contributed by atoms with Crippen LogP contribution in [-0.4, -0.2) is 36.4 Å². The number of amides is 1. The number of ether oxygens (including phenoxy) is 1. The van der Waals surface area contributed by atoms with Crippen LogP contribution in [0.2, 0.25) is 0 Å². The molecule has 1 fully saturated rings. The molecule has 0 aromatic carbocycles. The molecule has 0 spiro atoms. The van der Waals surface area contributed by atoms with E-state index in [4.69, 9.17) is 4.74 Å². The third-order valence-corrected chi connectivity index (χ3v) is 3.53. The molecular formula is C15H29NO3. The van der Waals surface area contributed by atoms with Gasteiger partial charge in [-0.25, -0.2) is 0 Å². The van der Waals surface area contributed by atoms with Gasteiger partial charge in [-0.1, -0.05) is 27.7 Å². The Balaban J connectivity index is 2.27. The number of rotatable bonds is 5. The highest BCUT2D eigenvalue weighted by atomic mass is 16.5. The van der Waals surface area contributed by atoms with Crippen LogP contribution in [0.1, 0.15) is 53.4 Å². The lowest BCUT2D eigenvalue weighted by molar-refractivity contribution is -0.124. The second kappa shape index (κ2) is 6.71. The molecule has 19 heavy (non-hydrogen) atoms. The Morgan fingerprint density at radius 2 is 1.95 bits per heavy atom. The van der Waals surface area contributed by atoms with Crippen molar-refractivity contribution < 1.29 is 14.6 Å². The minimum absolute atomic E-state index is 0.0386. The maximum Gasteiger partial charge on any atom is 0.220 e. The Morgan fingerprint density at radius 1 is 1.37 bits per heavy atom. The summed E-state index contributed by atoms with van der Waals surface area (Å²) in [4.78, 5) is 11.9. The predicted octanol–water partition coefficient (Wildman–Crippen LogP) is 2.11. The number of carbonyl (C=O) groups excluding carboxylic acids is 1. The molecule has 1 atom stereocenters. The van der Waals surface area contributed by atoms with Gasteiger partial charge in [0.25, 0.3) is 0 Å². The van der Waals surface area contributed by atoms with E-state index in [9.17, 15) is 9.90 Å². The zero-order valence-electron chi connectivity index (χ0n) is 12.8. The van der Waals surface area contributed by atoms with Gasteiger partial charge in [0.2, 0.25) is 5.91 Å². The van der Waals surface area contributed by atoms with Crippen molar-refractivity contribution in [1.29, 1.82) is 0 Å². The quantitative estimate of drug-likeness (QED) is 0.805. The molecule has 112 valence electrons. The van der Waals surface area contributed by atoms with Crippen molar-refractivity contribution in [3.8, 4) is 0 Å². The van der Waals surface area contributed by atoms with Crippen LogP contribution in [0.5, 0.6) is 0 Å². The summed E-state index contributed by atoms with van der Waals surface area (Å²) in [6.45, 7) is 10.2. The van der Waals surface area contributed by atoms with Gasteiger partial charge in [-0.05, 0) is 17.8 Å². The summed E-state index contributed by atoms with van der Waals surface area (Å²) in [5.74, 6) is 0.404. The lowest BCUT2D eigenvalue weighted by Gasteiger charge is -2.32. The van der Waals surface area contributed by atoms with Crippen LogP contribution in [0.3, 0.4) is 0 Å². The minimum atomic E-state index is -0.777. The normalized spacial score (nSPS) is 20.9. The largest absolute Gasteiger partial charge is 0.388 e. The first-order valence-electron chi connectivity index (χ1n) is 7.27. The topological polar surface area (TPSA) is 58.6 Å². The third kappa shape index (κ3) is 6.92. The lowest BCUT2D eigenvalue weighted by atomic mass is 9.84. The Bertz CT molecular complexity index is 290. The molecule has 0 aromatic heterocycles. The predicted molar refractivity (Wildman–Crippen MR) is 75.9 cm³/mol. The van der Waals surface area contributed by atoms with E-state index >= 15 is 0 Å². The summed E-state index contributed by atoms with van der Waals surface area (Å²) in [6.07, 6.45) is 2.76. The molecule has 1 aliphatic rings. The maximum atomic E-state index is 11.9. The monoisotopic (exact) mass is 271 g/mol. The summed E-state index contributed by atoms with van der Waals surface area (Å²) < 4.78 is 5.22. The smallest absolute Gasteiger partial charge is 0.220 e. The van der Waals surface area contributed by atoms with Gasteiger partial charge in [-0.15, -0.1) is 0 Å². The van der Waals surface area contributed by atoms with Crippen LogP contribution < -0.4 is 5.32 Å². The van der Waals surface area contributed by atoms with Crippen molar-refractivity contribution in [2.75, 3.05) is 19.8 Å². The van der Waals surface area contributed by atoms with Crippen LogP contribution in [0.15, 0.2) is 0 Å². The summed E-state index contributed by atoms with van der Waals surface area (Å²) in [6, 6.07) is 0. The molecule has 1 amide bonds. The van der Waals surface area contributed by atoms with E-state index < -0.39 is 5.60 Å².